The highest BCUT2D eigenvalue weighted by molar-refractivity contribution is 5.32. The Morgan fingerprint density at radius 2 is 2.10 bits per heavy atom. The molecule has 0 radical (unpaired) electrons. The van der Waals surface area contributed by atoms with Gasteiger partial charge >= 0.3 is 0 Å². The highest BCUT2D eigenvalue weighted by atomic mass is 15.3. The van der Waals surface area contributed by atoms with Crippen molar-refractivity contribution in [3.63, 3.8) is 0 Å². The van der Waals surface area contributed by atoms with Crippen molar-refractivity contribution in [2.45, 2.75) is 25.9 Å². The van der Waals surface area contributed by atoms with E-state index in [1.165, 1.54) is 6.42 Å². The summed E-state index contributed by atoms with van der Waals surface area (Å²) in [6.45, 7) is 6.44. The Kier molecular flexibility index (Phi) is 3.95. The molecule has 3 rings (SSSR count). The van der Waals surface area contributed by atoms with Crippen molar-refractivity contribution in [2.75, 3.05) is 44.4 Å². The lowest BCUT2D eigenvalue weighted by molar-refractivity contribution is 0.205. The van der Waals surface area contributed by atoms with E-state index in [2.05, 4.69) is 32.1 Å². The number of likely N-dealkylation sites (tertiary alicyclic amines) is 1. The van der Waals surface area contributed by atoms with Crippen molar-refractivity contribution < 1.29 is 0 Å². The third kappa shape index (κ3) is 2.80. The molecule has 2 saturated heterocycles. The van der Waals surface area contributed by atoms with Crippen LogP contribution in [-0.4, -0.2) is 59.6 Å². The first kappa shape index (κ1) is 14.5. The van der Waals surface area contributed by atoms with Gasteiger partial charge in [0.15, 0.2) is 0 Å². The number of aromatic nitrogens is 3. The van der Waals surface area contributed by atoms with Gasteiger partial charge in [-0.25, -0.2) is 0 Å². The predicted molar refractivity (Wildman–Crippen MR) is 82.9 cm³/mol. The lowest BCUT2D eigenvalue weighted by atomic mass is 9.93. The summed E-state index contributed by atoms with van der Waals surface area (Å²) in [5.74, 6) is 3.24. The van der Waals surface area contributed by atoms with E-state index in [1.807, 2.05) is 19.0 Å². The molecule has 7 heteroatoms. The molecule has 7 nitrogen and oxygen atoms in total. The van der Waals surface area contributed by atoms with Crippen molar-refractivity contribution in [3.8, 4) is 0 Å². The standard InChI is InChI=1S/C14H25N7/c1-4-11-10-6-16-5-9(10)7-21(11)8-12-17-13(15)19-14(18-12)20(2)3/h9-11,16H,4-8H2,1-3H3,(H2,15,17,18,19). The maximum absolute atomic E-state index is 5.81. The lowest BCUT2D eigenvalue weighted by Gasteiger charge is -2.26. The van der Waals surface area contributed by atoms with Crippen LogP contribution in [0.15, 0.2) is 0 Å². The van der Waals surface area contributed by atoms with Gasteiger partial charge in [-0.15, -0.1) is 0 Å². The third-order valence-corrected chi connectivity index (χ3v) is 4.67. The van der Waals surface area contributed by atoms with Crippen LogP contribution in [0.3, 0.4) is 0 Å². The van der Waals surface area contributed by atoms with Gasteiger partial charge in [0.1, 0.15) is 5.82 Å². The van der Waals surface area contributed by atoms with Crippen LogP contribution >= 0.6 is 0 Å². The van der Waals surface area contributed by atoms with E-state index in [4.69, 9.17) is 5.73 Å². The molecule has 0 aliphatic carbocycles. The highest BCUT2D eigenvalue weighted by Gasteiger charge is 2.43. The molecular weight excluding hydrogens is 266 g/mol. The van der Waals surface area contributed by atoms with Gasteiger partial charge in [0.2, 0.25) is 11.9 Å². The normalized spacial score (nSPS) is 28.8. The van der Waals surface area contributed by atoms with E-state index in [0.29, 0.717) is 17.9 Å². The van der Waals surface area contributed by atoms with Crippen LogP contribution in [0.1, 0.15) is 19.2 Å². The summed E-state index contributed by atoms with van der Waals surface area (Å²) in [5, 5.41) is 3.51. The molecule has 0 spiro atoms. The maximum Gasteiger partial charge on any atom is 0.229 e. The summed E-state index contributed by atoms with van der Waals surface area (Å²) in [4.78, 5) is 17.4. The van der Waals surface area contributed by atoms with Gasteiger partial charge in [-0.05, 0) is 31.3 Å². The van der Waals surface area contributed by atoms with E-state index in [0.717, 1.165) is 43.8 Å². The quantitative estimate of drug-likeness (QED) is 0.804. The molecule has 0 amide bonds. The summed E-state index contributed by atoms with van der Waals surface area (Å²) in [7, 11) is 3.83. The van der Waals surface area contributed by atoms with Crippen LogP contribution in [0.25, 0.3) is 0 Å². The number of hydrogen-bond acceptors (Lipinski definition) is 7. The van der Waals surface area contributed by atoms with Crippen LogP contribution in [0.5, 0.6) is 0 Å². The molecule has 2 aliphatic heterocycles. The number of rotatable bonds is 4. The molecule has 3 heterocycles. The van der Waals surface area contributed by atoms with Gasteiger partial charge in [0, 0.05) is 26.7 Å². The molecule has 3 N–H and O–H groups in total. The fourth-order valence-corrected chi connectivity index (χ4v) is 3.73. The smallest absolute Gasteiger partial charge is 0.229 e. The Hall–Kier alpha value is -1.47. The molecule has 21 heavy (non-hydrogen) atoms. The Labute approximate surface area is 126 Å². The average Bonchev–Trinajstić information content (AvgIpc) is 2.98. The predicted octanol–water partition coefficient (Wildman–Crippen LogP) is -0.0504. The van der Waals surface area contributed by atoms with Gasteiger partial charge in [-0.3, -0.25) is 4.90 Å². The molecule has 116 valence electrons. The SMILES string of the molecule is CCC1C2CNCC2CN1Cc1nc(N)nc(N(C)C)n1. The van der Waals surface area contributed by atoms with Crippen molar-refractivity contribution in [1.82, 2.24) is 25.2 Å². The minimum absolute atomic E-state index is 0.304. The zero-order valence-electron chi connectivity index (χ0n) is 13.1. The minimum atomic E-state index is 0.304. The van der Waals surface area contributed by atoms with Gasteiger partial charge in [0.05, 0.1) is 6.54 Å². The molecule has 3 unspecified atom stereocenters. The number of nitrogen functional groups attached to an aromatic ring is 1. The monoisotopic (exact) mass is 291 g/mol. The number of nitrogens with zero attached hydrogens (tertiary/aromatic N) is 5. The Balaban J connectivity index is 1.77. The number of nitrogens with two attached hydrogens (primary N) is 1. The largest absolute Gasteiger partial charge is 0.368 e. The second kappa shape index (κ2) is 5.73. The molecule has 0 saturated carbocycles. The van der Waals surface area contributed by atoms with Gasteiger partial charge in [-0.1, -0.05) is 6.92 Å². The van der Waals surface area contributed by atoms with Gasteiger partial charge < -0.3 is 16.0 Å². The second-order valence-corrected chi connectivity index (χ2v) is 6.29. The first-order valence-corrected chi connectivity index (χ1v) is 7.71. The maximum atomic E-state index is 5.81. The number of hydrogen-bond donors (Lipinski definition) is 2. The lowest BCUT2D eigenvalue weighted by Crippen LogP contribution is -2.35. The van der Waals surface area contributed by atoms with Gasteiger partial charge in [0.25, 0.3) is 0 Å². The summed E-state index contributed by atoms with van der Waals surface area (Å²) in [6.07, 6.45) is 1.17. The number of anilines is 2. The van der Waals surface area contributed by atoms with Crippen LogP contribution < -0.4 is 16.0 Å². The third-order valence-electron chi connectivity index (χ3n) is 4.67. The Bertz CT molecular complexity index is 504. The Morgan fingerprint density at radius 3 is 2.81 bits per heavy atom. The van der Waals surface area contributed by atoms with Crippen molar-refractivity contribution in [2.24, 2.45) is 11.8 Å². The van der Waals surface area contributed by atoms with Crippen molar-refractivity contribution in [3.05, 3.63) is 5.82 Å². The first-order valence-electron chi connectivity index (χ1n) is 7.71. The molecule has 1 aromatic rings. The van der Waals surface area contributed by atoms with Crippen molar-refractivity contribution >= 4 is 11.9 Å². The number of nitrogens with one attached hydrogen (secondary N) is 1. The van der Waals surface area contributed by atoms with Gasteiger partial charge in [-0.2, -0.15) is 15.0 Å². The van der Waals surface area contributed by atoms with Crippen LogP contribution in [-0.2, 0) is 6.54 Å². The summed E-state index contributed by atoms with van der Waals surface area (Å²) in [6, 6.07) is 0.616. The topological polar surface area (TPSA) is 83.2 Å². The minimum Gasteiger partial charge on any atom is -0.368 e. The van der Waals surface area contributed by atoms with Crippen LogP contribution in [0, 0.1) is 11.8 Å². The highest BCUT2D eigenvalue weighted by Crippen LogP contribution is 2.34. The fourth-order valence-electron chi connectivity index (χ4n) is 3.73. The van der Waals surface area contributed by atoms with Crippen molar-refractivity contribution in [1.29, 1.82) is 0 Å². The molecule has 3 atom stereocenters. The average molecular weight is 291 g/mol. The van der Waals surface area contributed by atoms with Crippen LogP contribution in [0.4, 0.5) is 11.9 Å². The summed E-state index contributed by atoms with van der Waals surface area (Å²) in [5.41, 5.74) is 5.81. The molecule has 0 aromatic carbocycles. The van der Waals surface area contributed by atoms with E-state index in [-0.39, 0.29) is 0 Å². The zero-order chi connectivity index (χ0) is 15.0. The molecule has 1 aromatic heterocycles. The molecule has 2 fully saturated rings. The molecule has 0 bridgehead atoms. The summed E-state index contributed by atoms with van der Waals surface area (Å²) >= 11 is 0. The second-order valence-electron chi connectivity index (χ2n) is 6.29. The van der Waals surface area contributed by atoms with E-state index < -0.39 is 0 Å². The van der Waals surface area contributed by atoms with E-state index >= 15 is 0 Å². The first-order chi connectivity index (χ1) is 10.1. The fraction of sp³-hybridized carbons (Fsp3) is 0.786. The summed E-state index contributed by atoms with van der Waals surface area (Å²) < 4.78 is 0. The Morgan fingerprint density at radius 1 is 1.29 bits per heavy atom. The molecule has 2 aliphatic rings. The van der Waals surface area contributed by atoms with Crippen LogP contribution in [0.2, 0.25) is 0 Å². The number of fused-ring (bicyclic) bond motifs is 1. The molecular formula is C14H25N7. The van der Waals surface area contributed by atoms with E-state index in [9.17, 15) is 0 Å². The van der Waals surface area contributed by atoms with E-state index in [1.54, 1.807) is 0 Å². The zero-order valence-corrected chi connectivity index (χ0v) is 13.1.